The van der Waals surface area contributed by atoms with E-state index in [4.69, 9.17) is 0 Å². The molecule has 0 aliphatic carbocycles. The van der Waals surface area contributed by atoms with Gasteiger partial charge in [-0.1, -0.05) is 0 Å². The molecule has 1 aromatic heterocycles. The quantitative estimate of drug-likeness (QED) is 0.766. The highest BCUT2D eigenvalue weighted by Gasteiger charge is 2.24. The van der Waals surface area contributed by atoms with E-state index in [-0.39, 0.29) is 5.91 Å². The van der Waals surface area contributed by atoms with Crippen molar-refractivity contribution in [3.05, 3.63) is 28.4 Å². The van der Waals surface area contributed by atoms with Crippen molar-refractivity contribution in [3.8, 4) is 0 Å². The molecule has 0 saturated heterocycles. The molecule has 1 aliphatic heterocycles. The normalized spacial score (nSPS) is 13.7. The molecule has 1 amide bonds. The van der Waals surface area contributed by atoms with E-state index in [1.807, 2.05) is 29.9 Å². The fourth-order valence-electron chi connectivity index (χ4n) is 1.97. The minimum absolute atomic E-state index is 0.0105. The molecule has 1 aliphatic rings. The summed E-state index contributed by atoms with van der Waals surface area (Å²) in [5, 5.41) is 3.85. The van der Waals surface area contributed by atoms with Crippen molar-refractivity contribution in [1.82, 2.24) is 4.57 Å². The van der Waals surface area contributed by atoms with E-state index in [0.717, 1.165) is 26.6 Å². The Morgan fingerprint density at radius 2 is 2.21 bits per heavy atom. The van der Waals surface area contributed by atoms with E-state index in [2.05, 4.69) is 21.2 Å². The highest BCUT2D eigenvalue weighted by Crippen LogP contribution is 2.37. The van der Waals surface area contributed by atoms with E-state index in [0.29, 0.717) is 0 Å². The van der Waals surface area contributed by atoms with Gasteiger partial charge in [0.2, 0.25) is 0 Å². The van der Waals surface area contributed by atoms with Crippen LogP contribution in [0.4, 0.5) is 5.69 Å². The predicted molar refractivity (Wildman–Crippen MR) is 58.6 cm³/mol. The first-order chi connectivity index (χ1) is 6.68. The highest BCUT2D eigenvalue weighted by atomic mass is 79.9. The van der Waals surface area contributed by atoms with Gasteiger partial charge in [-0.05, 0) is 28.1 Å². The van der Waals surface area contributed by atoms with E-state index in [1.54, 1.807) is 0 Å². The lowest BCUT2D eigenvalue weighted by molar-refractivity contribution is 0.103. The molecule has 0 fully saturated rings. The summed E-state index contributed by atoms with van der Waals surface area (Å²) in [7, 11) is 1.94. The molecule has 0 atom stereocenters. The molecule has 4 heteroatoms. The molecular formula is C10H7BrN2O. The number of hydrogen-bond donors (Lipinski definition) is 1. The van der Waals surface area contributed by atoms with Gasteiger partial charge in [-0.2, -0.15) is 0 Å². The van der Waals surface area contributed by atoms with Gasteiger partial charge in [-0.3, -0.25) is 4.79 Å². The van der Waals surface area contributed by atoms with Crippen molar-refractivity contribution in [2.24, 2.45) is 7.05 Å². The van der Waals surface area contributed by atoms with Gasteiger partial charge in [0.25, 0.3) is 5.91 Å². The molecule has 1 N–H and O–H groups in total. The summed E-state index contributed by atoms with van der Waals surface area (Å²) in [5.74, 6) is -0.0105. The van der Waals surface area contributed by atoms with Gasteiger partial charge >= 0.3 is 0 Å². The fourth-order valence-corrected chi connectivity index (χ4v) is 2.58. The van der Waals surface area contributed by atoms with Crippen molar-refractivity contribution in [2.75, 3.05) is 5.32 Å². The van der Waals surface area contributed by atoms with Crippen LogP contribution in [0.15, 0.2) is 22.8 Å². The number of amides is 1. The summed E-state index contributed by atoms with van der Waals surface area (Å²) in [6, 6.07) is 3.87. The largest absolute Gasteiger partial charge is 0.349 e. The van der Waals surface area contributed by atoms with Gasteiger partial charge in [-0.25, -0.2) is 0 Å². The van der Waals surface area contributed by atoms with Crippen molar-refractivity contribution >= 4 is 38.4 Å². The third-order valence-corrected chi connectivity index (χ3v) is 3.21. The van der Waals surface area contributed by atoms with Gasteiger partial charge in [-0.15, -0.1) is 0 Å². The van der Waals surface area contributed by atoms with Gasteiger partial charge in [0, 0.05) is 23.1 Å². The van der Waals surface area contributed by atoms with Crippen LogP contribution in [0.5, 0.6) is 0 Å². The SMILES string of the molecule is Cn1cc2c3c(ccc(Br)c31)NC2=O. The van der Waals surface area contributed by atoms with E-state index < -0.39 is 0 Å². The molecule has 0 unspecified atom stereocenters. The minimum Gasteiger partial charge on any atom is -0.349 e. The van der Waals surface area contributed by atoms with Crippen LogP contribution < -0.4 is 5.32 Å². The highest BCUT2D eigenvalue weighted by molar-refractivity contribution is 9.10. The third-order valence-electron chi connectivity index (χ3n) is 2.57. The molecular weight excluding hydrogens is 244 g/mol. The smallest absolute Gasteiger partial charge is 0.257 e. The summed E-state index contributed by atoms with van der Waals surface area (Å²) >= 11 is 3.48. The summed E-state index contributed by atoms with van der Waals surface area (Å²) in [5.41, 5.74) is 2.73. The number of carbonyl (C=O) groups is 1. The zero-order chi connectivity index (χ0) is 9.87. The monoisotopic (exact) mass is 250 g/mol. The maximum atomic E-state index is 11.5. The average molecular weight is 251 g/mol. The van der Waals surface area contributed by atoms with Crippen molar-refractivity contribution in [2.45, 2.75) is 0 Å². The predicted octanol–water partition coefficient (Wildman–Crippen LogP) is 2.51. The standard InChI is InChI=1S/C10H7BrN2O/c1-13-4-5-8-7(12-10(5)14)3-2-6(11)9(8)13/h2-4H,1H3,(H,12,14). The molecule has 70 valence electrons. The number of rotatable bonds is 0. The second-order valence-corrected chi connectivity index (χ2v) is 4.28. The number of benzene rings is 1. The Bertz CT molecular complexity index is 571. The maximum absolute atomic E-state index is 11.5. The molecule has 3 nitrogen and oxygen atoms in total. The average Bonchev–Trinajstić information content (AvgIpc) is 2.62. The lowest BCUT2D eigenvalue weighted by Gasteiger charge is -2.02. The molecule has 2 aromatic rings. The molecule has 1 aromatic carbocycles. The van der Waals surface area contributed by atoms with E-state index >= 15 is 0 Å². The third kappa shape index (κ3) is 0.792. The molecule has 0 bridgehead atoms. The Morgan fingerprint density at radius 1 is 1.43 bits per heavy atom. The minimum atomic E-state index is -0.0105. The molecule has 0 spiro atoms. The van der Waals surface area contributed by atoms with Gasteiger partial charge < -0.3 is 9.88 Å². The number of anilines is 1. The van der Waals surface area contributed by atoms with Crippen LogP contribution in [-0.4, -0.2) is 10.5 Å². The zero-order valence-electron chi connectivity index (χ0n) is 7.47. The van der Waals surface area contributed by atoms with Crippen LogP contribution >= 0.6 is 15.9 Å². The number of aryl methyl sites for hydroxylation is 1. The van der Waals surface area contributed by atoms with Crippen LogP contribution in [0.1, 0.15) is 10.4 Å². The molecule has 3 rings (SSSR count). The van der Waals surface area contributed by atoms with Crippen LogP contribution in [-0.2, 0) is 7.05 Å². The van der Waals surface area contributed by atoms with Crippen LogP contribution in [0, 0.1) is 0 Å². The Kier molecular flexibility index (Phi) is 1.37. The number of carbonyl (C=O) groups excluding carboxylic acids is 1. The molecule has 0 saturated carbocycles. The number of aromatic nitrogens is 1. The zero-order valence-corrected chi connectivity index (χ0v) is 9.05. The van der Waals surface area contributed by atoms with Gasteiger partial charge in [0.05, 0.1) is 16.8 Å². The van der Waals surface area contributed by atoms with E-state index in [1.165, 1.54) is 0 Å². The van der Waals surface area contributed by atoms with E-state index in [9.17, 15) is 4.79 Å². The van der Waals surface area contributed by atoms with Crippen LogP contribution in [0.3, 0.4) is 0 Å². The van der Waals surface area contributed by atoms with Crippen molar-refractivity contribution in [3.63, 3.8) is 0 Å². The Morgan fingerprint density at radius 3 is 3.00 bits per heavy atom. The Hall–Kier alpha value is -1.29. The lowest BCUT2D eigenvalue weighted by Crippen LogP contribution is -2.04. The second-order valence-electron chi connectivity index (χ2n) is 3.43. The number of hydrogen-bond acceptors (Lipinski definition) is 1. The number of halogens is 1. The number of nitrogens with one attached hydrogen (secondary N) is 1. The van der Waals surface area contributed by atoms with Gasteiger partial charge in [0.1, 0.15) is 0 Å². The topological polar surface area (TPSA) is 34.0 Å². The summed E-state index contributed by atoms with van der Waals surface area (Å²) in [6.45, 7) is 0. The first kappa shape index (κ1) is 8.05. The first-order valence-electron chi connectivity index (χ1n) is 4.27. The molecule has 14 heavy (non-hydrogen) atoms. The van der Waals surface area contributed by atoms with Crippen LogP contribution in [0.25, 0.3) is 10.9 Å². The molecule has 2 heterocycles. The van der Waals surface area contributed by atoms with Crippen LogP contribution in [0.2, 0.25) is 0 Å². The summed E-state index contributed by atoms with van der Waals surface area (Å²) in [6.07, 6.45) is 1.86. The van der Waals surface area contributed by atoms with Crippen molar-refractivity contribution in [1.29, 1.82) is 0 Å². The van der Waals surface area contributed by atoms with Crippen molar-refractivity contribution < 1.29 is 4.79 Å². The fraction of sp³-hybridized carbons (Fsp3) is 0.100. The Balaban J connectivity index is 2.60. The Labute approximate surface area is 88.8 Å². The maximum Gasteiger partial charge on any atom is 0.257 e. The lowest BCUT2D eigenvalue weighted by atomic mass is 10.2. The molecule has 0 radical (unpaired) electrons. The number of nitrogens with zero attached hydrogens (tertiary/aromatic N) is 1. The summed E-state index contributed by atoms with van der Waals surface area (Å²) in [4.78, 5) is 11.5. The van der Waals surface area contributed by atoms with Gasteiger partial charge in [0.15, 0.2) is 0 Å². The first-order valence-corrected chi connectivity index (χ1v) is 5.06. The summed E-state index contributed by atoms with van der Waals surface area (Å²) < 4.78 is 2.98. The second kappa shape index (κ2) is 2.39.